The Kier molecular flexibility index (Phi) is 6.79. The summed E-state index contributed by atoms with van der Waals surface area (Å²) >= 11 is 5.84. The van der Waals surface area contributed by atoms with Gasteiger partial charge in [0, 0.05) is 11.8 Å². The van der Waals surface area contributed by atoms with E-state index in [1.807, 2.05) is 0 Å². The third kappa shape index (κ3) is 4.56. The fourth-order valence-corrected chi connectivity index (χ4v) is 4.57. The number of anilines is 1. The highest BCUT2D eigenvalue weighted by Gasteiger charge is 2.52. The number of aromatic carboxylic acids is 1. The van der Waals surface area contributed by atoms with Gasteiger partial charge in [0.2, 0.25) is 11.0 Å². The van der Waals surface area contributed by atoms with Crippen molar-refractivity contribution in [2.45, 2.75) is 36.6 Å². The molecule has 0 unspecified atom stereocenters. The largest absolute Gasteiger partial charge is 0.479 e. The van der Waals surface area contributed by atoms with E-state index < -0.39 is 61.1 Å². The van der Waals surface area contributed by atoms with Crippen molar-refractivity contribution in [3.05, 3.63) is 47.2 Å². The molecule has 4 aromatic rings. The second-order valence-electron chi connectivity index (χ2n) is 8.92. The monoisotopic (exact) mass is 579 g/mol. The van der Waals surface area contributed by atoms with Crippen molar-refractivity contribution in [2.75, 3.05) is 12.3 Å². The molecule has 1 aliphatic heterocycles. The number of aliphatic hydroxyl groups excluding tert-OH is 1. The van der Waals surface area contributed by atoms with Gasteiger partial charge in [0.05, 0.1) is 12.9 Å². The third-order valence-electron chi connectivity index (χ3n) is 6.42. The van der Waals surface area contributed by atoms with Gasteiger partial charge < -0.3 is 40.1 Å². The highest BCUT2D eigenvalue weighted by molar-refractivity contribution is 6.28. The molecule has 6 N–H and O–H groups in total. The molecule has 5 rings (SSSR count). The molecule has 0 radical (unpaired) electrons. The van der Waals surface area contributed by atoms with E-state index in [9.17, 15) is 29.7 Å². The average molecular weight is 580 g/mol. The van der Waals surface area contributed by atoms with Gasteiger partial charge in [0.1, 0.15) is 23.3 Å². The standard InChI is InChI=1S/C23H19ClFN5O10/c24-22-28-16(26)14-17(29-22)30(7-27-14)18-13(25)15(31)12(40-18)6-38-23(20(34)35,21(36)37)5-8-1-2-10-9(3-8)4-11(39-10)19(32)33/h1-4,7,12-13,15,18,31H,5-6H2,(H,32,33)(H,34,35)(H,36,37)(H2,26,28,29)/t12-,13+,15-,18-/m1/s1. The minimum Gasteiger partial charge on any atom is -0.479 e. The van der Waals surface area contributed by atoms with Crippen LogP contribution in [0.15, 0.2) is 35.0 Å². The summed E-state index contributed by atoms with van der Waals surface area (Å²) in [6.07, 6.45) is -6.53. The Morgan fingerprint density at radius 3 is 2.58 bits per heavy atom. The average Bonchev–Trinajstić information content (AvgIpc) is 3.58. The maximum atomic E-state index is 15.1. The maximum absolute atomic E-state index is 15.1. The maximum Gasteiger partial charge on any atom is 0.371 e. The van der Waals surface area contributed by atoms with Crippen LogP contribution in [0.2, 0.25) is 5.28 Å². The normalized spacial score (nSPS) is 21.3. The van der Waals surface area contributed by atoms with Crippen LogP contribution >= 0.6 is 11.6 Å². The summed E-state index contributed by atoms with van der Waals surface area (Å²) in [5, 5.41) is 39.4. The Morgan fingerprint density at radius 1 is 1.18 bits per heavy atom. The number of aromatic nitrogens is 4. The number of hydrogen-bond acceptors (Lipinski definition) is 11. The highest BCUT2D eigenvalue weighted by Crippen LogP contribution is 2.35. The molecule has 0 aliphatic carbocycles. The van der Waals surface area contributed by atoms with Gasteiger partial charge in [0.15, 0.2) is 23.9 Å². The van der Waals surface area contributed by atoms with E-state index in [0.29, 0.717) is 0 Å². The summed E-state index contributed by atoms with van der Waals surface area (Å²) < 4.78 is 32.3. The summed E-state index contributed by atoms with van der Waals surface area (Å²) in [7, 11) is 0. The SMILES string of the molecule is Nc1nc(Cl)nc2c1ncn2[C@@H]1O[C@H](COC(Cc2ccc3oc(C(=O)O)cc3c2)(C(=O)O)C(=O)O)[C@@H](O)[C@@H]1F. The van der Waals surface area contributed by atoms with Gasteiger partial charge in [-0.1, -0.05) is 6.07 Å². The van der Waals surface area contributed by atoms with E-state index in [1.165, 1.54) is 24.3 Å². The summed E-state index contributed by atoms with van der Waals surface area (Å²) in [4.78, 5) is 47.3. The number of fused-ring (bicyclic) bond motifs is 2. The van der Waals surface area contributed by atoms with Crippen LogP contribution in [0.4, 0.5) is 10.2 Å². The smallest absolute Gasteiger partial charge is 0.371 e. The summed E-state index contributed by atoms with van der Waals surface area (Å²) in [5.74, 6) is -5.52. The lowest BCUT2D eigenvalue weighted by molar-refractivity contribution is -0.190. The molecule has 0 spiro atoms. The van der Waals surface area contributed by atoms with Gasteiger partial charge in [-0.05, 0) is 35.4 Å². The van der Waals surface area contributed by atoms with E-state index in [4.69, 9.17) is 36.3 Å². The minimum absolute atomic E-state index is 0.00466. The van der Waals surface area contributed by atoms with Crippen molar-refractivity contribution >= 4 is 57.5 Å². The zero-order chi connectivity index (χ0) is 28.9. The van der Waals surface area contributed by atoms with Crippen molar-refractivity contribution in [2.24, 2.45) is 0 Å². The molecule has 0 saturated carbocycles. The van der Waals surface area contributed by atoms with Crippen molar-refractivity contribution in [3.8, 4) is 0 Å². The van der Waals surface area contributed by atoms with Crippen molar-refractivity contribution < 1.29 is 53.1 Å². The van der Waals surface area contributed by atoms with Crippen molar-refractivity contribution in [3.63, 3.8) is 0 Å². The van der Waals surface area contributed by atoms with Gasteiger partial charge in [-0.3, -0.25) is 4.57 Å². The predicted molar refractivity (Wildman–Crippen MR) is 130 cm³/mol. The zero-order valence-corrected chi connectivity index (χ0v) is 20.7. The number of alkyl halides is 1. The molecule has 4 atom stereocenters. The van der Waals surface area contributed by atoms with Crippen molar-refractivity contribution in [1.82, 2.24) is 19.5 Å². The molecule has 17 heteroatoms. The molecule has 1 fully saturated rings. The third-order valence-corrected chi connectivity index (χ3v) is 6.59. The number of nitrogens with zero attached hydrogens (tertiary/aromatic N) is 4. The number of aliphatic hydroxyl groups is 1. The number of carboxylic acid groups (broad SMARTS) is 3. The van der Waals surface area contributed by atoms with Gasteiger partial charge in [-0.15, -0.1) is 0 Å². The molecule has 3 aromatic heterocycles. The van der Waals surface area contributed by atoms with Crippen LogP contribution in [0.25, 0.3) is 22.1 Å². The van der Waals surface area contributed by atoms with Crippen LogP contribution < -0.4 is 5.73 Å². The fraction of sp³-hybridized carbons (Fsp3) is 0.304. The molecule has 210 valence electrons. The number of aliphatic carboxylic acids is 2. The van der Waals surface area contributed by atoms with Gasteiger partial charge >= 0.3 is 17.9 Å². The second-order valence-corrected chi connectivity index (χ2v) is 9.25. The minimum atomic E-state index is -2.88. The predicted octanol–water partition coefficient (Wildman–Crippen LogP) is 1.27. The first-order valence-electron chi connectivity index (χ1n) is 11.4. The number of hydrogen-bond donors (Lipinski definition) is 5. The van der Waals surface area contributed by atoms with Crippen molar-refractivity contribution in [1.29, 1.82) is 0 Å². The number of nitrogens with two attached hydrogens (primary N) is 1. The summed E-state index contributed by atoms with van der Waals surface area (Å²) in [6.45, 7) is -0.835. The molecule has 4 heterocycles. The topological polar surface area (TPSA) is 233 Å². The molecule has 15 nitrogen and oxygen atoms in total. The summed E-state index contributed by atoms with van der Waals surface area (Å²) in [5.41, 5.74) is 3.32. The number of ether oxygens (including phenoxy) is 2. The quantitative estimate of drug-likeness (QED) is 0.139. The van der Waals surface area contributed by atoms with Gasteiger partial charge in [0.25, 0.3) is 5.60 Å². The zero-order valence-electron chi connectivity index (χ0n) is 20.0. The molecule has 1 saturated heterocycles. The highest BCUT2D eigenvalue weighted by atomic mass is 35.5. The van der Waals surface area contributed by atoms with E-state index in [1.54, 1.807) is 0 Å². The van der Waals surface area contributed by atoms with Crippen LogP contribution in [0, 0.1) is 0 Å². The van der Waals surface area contributed by atoms with Crippen LogP contribution in [-0.2, 0) is 25.5 Å². The number of carbonyl (C=O) groups is 3. The van der Waals surface area contributed by atoms with Crippen LogP contribution in [-0.4, -0.2) is 88.4 Å². The molecule has 40 heavy (non-hydrogen) atoms. The van der Waals surface area contributed by atoms with Crippen LogP contribution in [0.1, 0.15) is 22.3 Å². The number of imidazole rings is 1. The van der Waals surface area contributed by atoms with Gasteiger partial charge in [-0.25, -0.2) is 23.8 Å². The lowest BCUT2D eigenvalue weighted by Crippen LogP contribution is -2.52. The number of halogens is 2. The Hall–Kier alpha value is -4.38. The Bertz CT molecular complexity index is 1640. The van der Waals surface area contributed by atoms with E-state index in [0.717, 1.165) is 10.9 Å². The molecule has 0 bridgehead atoms. The van der Waals surface area contributed by atoms with Gasteiger partial charge in [-0.2, -0.15) is 9.97 Å². The summed E-state index contributed by atoms with van der Waals surface area (Å²) in [6, 6.07) is 5.25. The Balaban J connectivity index is 1.39. The number of benzene rings is 1. The number of furan rings is 1. The molecule has 0 amide bonds. The van der Waals surface area contributed by atoms with Crippen LogP contribution in [0.5, 0.6) is 0 Å². The lowest BCUT2D eigenvalue weighted by Gasteiger charge is -2.27. The number of rotatable bonds is 9. The first-order valence-corrected chi connectivity index (χ1v) is 11.8. The fourth-order valence-electron chi connectivity index (χ4n) is 4.40. The molecular weight excluding hydrogens is 561 g/mol. The molecular formula is C23H19ClFN5O10. The lowest BCUT2D eigenvalue weighted by atomic mass is 9.93. The molecule has 1 aromatic carbocycles. The first kappa shape index (κ1) is 27.2. The van der Waals surface area contributed by atoms with E-state index >= 15 is 4.39 Å². The number of carboxylic acids is 3. The second kappa shape index (κ2) is 9.98. The Labute approximate surface area is 226 Å². The number of nitrogen functional groups attached to an aromatic ring is 1. The van der Waals surface area contributed by atoms with E-state index in [-0.39, 0.29) is 44.6 Å². The Morgan fingerprint density at radius 2 is 1.90 bits per heavy atom. The first-order chi connectivity index (χ1) is 18.9. The van der Waals surface area contributed by atoms with E-state index in [2.05, 4.69) is 15.0 Å². The van der Waals surface area contributed by atoms with Crippen LogP contribution in [0.3, 0.4) is 0 Å². The molecule has 1 aliphatic rings.